The number of nitrogens with one attached hydrogen (secondary N) is 2. The van der Waals surface area contributed by atoms with Gasteiger partial charge in [-0.2, -0.15) is 0 Å². The van der Waals surface area contributed by atoms with Crippen LogP contribution in [0.2, 0.25) is 10.0 Å². The van der Waals surface area contributed by atoms with E-state index in [9.17, 15) is 9.59 Å². The van der Waals surface area contributed by atoms with Crippen molar-refractivity contribution in [3.8, 4) is 0 Å². The van der Waals surface area contributed by atoms with E-state index in [0.29, 0.717) is 32.7 Å². The molecule has 2 aliphatic carbocycles. The first-order valence-corrected chi connectivity index (χ1v) is 10.1. The zero-order chi connectivity index (χ0) is 18.3. The number of carbonyl (C=O) groups excluding carboxylic acids is 2. The SMILES string of the molecule is O=C(C[C@@H]1SC(=N[C@@H]2C[C@@H]3C=C[C@@H]2C3)NC1=O)Nc1cc(Cl)ccc1Cl. The number of rotatable bonds is 4. The molecule has 5 nitrogen and oxygen atoms in total. The highest BCUT2D eigenvalue weighted by Gasteiger charge is 2.38. The number of hydrogen-bond acceptors (Lipinski definition) is 4. The Morgan fingerprint density at radius 2 is 2.15 bits per heavy atom. The largest absolute Gasteiger partial charge is 0.325 e. The fraction of sp³-hybridized carbons (Fsp3) is 0.389. The molecule has 4 rings (SSSR count). The number of benzene rings is 1. The third-order valence-electron chi connectivity index (χ3n) is 4.88. The van der Waals surface area contributed by atoms with Gasteiger partial charge in [-0.1, -0.05) is 47.1 Å². The number of carbonyl (C=O) groups is 2. The molecule has 1 aromatic rings. The van der Waals surface area contributed by atoms with Gasteiger partial charge in [0.15, 0.2) is 5.17 Å². The number of amides is 2. The predicted octanol–water partition coefficient (Wildman–Crippen LogP) is 3.87. The zero-order valence-corrected chi connectivity index (χ0v) is 16.1. The van der Waals surface area contributed by atoms with Crippen LogP contribution in [0.4, 0.5) is 5.69 Å². The van der Waals surface area contributed by atoms with Crippen LogP contribution in [0.25, 0.3) is 0 Å². The Hall–Kier alpha value is -1.50. The summed E-state index contributed by atoms with van der Waals surface area (Å²) < 4.78 is 0. The molecule has 1 heterocycles. The van der Waals surface area contributed by atoms with Crippen LogP contribution in [0.1, 0.15) is 19.3 Å². The Kier molecular flexibility index (Phi) is 4.99. The number of halogens is 2. The van der Waals surface area contributed by atoms with E-state index in [-0.39, 0.29) is 24.3 Å². The van der Waals surface area contributed by atoms with Crippen molar-refractivity contribution in [2.75, 3.05) is 5.32 Å². The molecule has 1 saturated heterocycles. The molecule has 1 saturated carbocycles. The Bertz CT molecular complexity index is 827. The van der Waals surface area contributed by atoms with E-state index in [1.54, 1.807) is 18.2 Å². The van der Waals surface area contributed by atoms with Crippen LogP contribution >= 0.6 is 35.0 Å². The zero-order valence-electron chi connectivity index (χ0n) is 13.7. The van der Waals surface area contributed by atoms with Gasteiger partial charge in [-0.15, -0.1) is 0 Å². The minimum atomic E-state index is -0.485. The Morgan fingerprint density at radius 1 is 1.31 bits per heavy atom. The molecule has 26 heavy (non-hydrogen) atoms. The standard InChI is InChI=1S/C18H17Cl2N3O2S/c19-11-3-4-12(20)14(7-11)21-16(24)8-15-17(25)23-18(26-15)22-13-6-9-1-2-10(13)5-9/h1-4,7,9-10,13,15H,5-6,8H2,(H,21,24)(H,22,23,25)/t9-,10-,13-,15+/m1/s1. The number of hydrogen-bond donors (Lipinski definition) is 2. The maximum Gasteiger partial charge on any atom is 0.240 e. The molecule has 2 bridgehead atoms. The van der Waals surface area contributed by atoms with E-state index in [4.69, 9.17) is 28.2 Å². The molecule has 2 amide bonds. The minimum absolute atomic E-state index is 0.0506. The molecule has 0 spiro atoms. The molecule has 136 valence electrons. The molecule has 1 aromatic carbocycles. The fourth-order valence-corrected chi connectivity index (χ4v) is 4.98. The second kappa shape index (κ2) is 7.25. The summed E-state index contributed by atoms with van der Waals surface area (Å²) in [5.74, 6) is 0.642. The molecule has 3 aliphatic rings. The topological polar surface area (TPSA) is 70.6 Å². The van der Waals surface area contributed by atoms with E-state index in [1.165, 1.54) is 11.8 Å². The maximum atomic E-state index is 12.3. The second-order valence-electron chi connectivity index (χ2n) is 6.75. The van der Waals surface area contributed by atoms with E-state index in [1.807, 2.05) is 0 Å². The summed E-state index contributed by atoms with van der Waals surface area (Å²) in [7, 11) is 0. The van der Waals surface area contributed by atoms with E-state index in [2.05, 4.69) is 22.8 Å². The minimum Gasteiger partial charge on any atom is -0.325 e. The lowest BCUT2D eigenvalue weighted by molar-refractivity contribution is -0.122. The van der Waals surface area contributed by atoms with Gasteiger partial charge in [0.2, 0.25) is 11.8 Å². The molecule has 8 heteroatoms. The molecule has 1 aliphatic heterocycles. The van der Waals surface area contributed by atoms with Gasteiger partial charge in [0.1, 0.15) is 5.25 Å². The highest BCUT2D eigenvalue weighted by molar-refractivity contribution is 8.15. The van der Waals surface area contributed by atoms with E-state index < -0.39 is 5.25 Å². The summed E-state index contributed by atoms with van der Waals surface area (Å²) in [6.07, 6.45) is 6.74. The lowest BCUT2D eigenvalue weighted by atomic mass is 10.0. The van der Waals surface area contributed by atoms with Gasteiger partial charge in [0.25, 0.3) is 0 Å². The first kappa shape index (κ1) is 17.9. The average Bonchev–Trinajstić information content (AvgIpc) is 3.28. The quantitative estimate of drug-likeness (QED) is 0.741. The number of aliphatic imine (C=N–C) groups is 1. The van der Waals surface area contributed by atoms with Crippen LogP contribution in [0, 0.1) is 11.8 Å². The van der Waals surface area contributed by atoms with E-state index in [0.717, 1.165) is 12.8 Å². The Balaban J connectivity index is 1.36. The van der Waals surface area contributed by atoms with Gasteiger partial charge in [-0.3, -0.25) is 14.6 Å². The third kappa shape index (κ3) is 3.77. The van der Waals surface area contributed by atoms with Gasteiger partial charge < -0.3 is 10.6 Å². The molecule has 4 atom stereocenters. The van der Waals surface area contributed by atoms with Crippen molar-refractivity contribution in [1.82, 2.24) is 5.32 Å². The van der Waals surface area contributed by atoms with Gasteiger partial charge in [-0.25, -0.2) is 0 Å². The summed E-state index contributed by atoms with van der Waals surface area (Å²) in [5.41, 5.74) is 0.440. The van der Waals surface area contributed by atoms with Crippen molar-refractivity contribution < 1.29 is 9.59 Å². The average molecular weight is 410 g/mol. The van der Waals surface area contributed by atoms with Crippen LogP contribution in [-0.4, -0.2) is 28.3 Å². The van der Waals surface area contributed by atoms with Crippen LogP contribution in [0.3, 0.4) is 0 Å². The second-order valence-corrected chi connectivity index (χ2v) is 8.79. The summed E-state index contributed by atoms with van der Waals surface area (Å²) in [4.78, 5) is 29.2. The lowest BCUT2D eigenvalue weighted by Crippen LogP contribution is -2.28. The third-order valence-corrected chi connectivity index (χ3v) is 6.54. The summed E-state index contributed by atoms with van der Waals surface area (Å²) in [5, 5.41) is 6.53. The summed E-state index contributed by atoms with van der Waals surface area (Å²) in [6.45, 7) is 0. The maximum absolute atomic E-state index is 12.3. The number of allylic oxidation sites excluding steroid dienone is 1. The van der Waals surface area contributed by atoms with Crippen molar-refractivity contribution in [2.24, 2.45) is 16.8 Å². The van der Waals surface area contributed by atoms with Crippen LogP contribution in [0.15, 0.2) is 35.3 Å². The smallest absolute Gasteiger partial charge is 0.240 e. The number of fused-ring (bicyclic) bond motifs is 2. The Labute approximate surface area is 165 Å². The van der Waals surface area contributed by atoms with Gasteiger partial charge >= 0.3 is 0 Å². The summed E-state index contributed by atoms with van der Waals surface area (Å²) >= 11 is 13.3. The van der Waals surface area contributed by atoms with E-state index >= 15 is 0 Å². The molecule has 0 aromatic heterocycles. The number of nitrogens with zero attached hydrogens (tertiary/aromatic N) is 1. The number of thioether (sulfide) groups is 1. The first-order valence-electron chi connectivity index (χ1n) is 8.46. The van der Waals surface area contributed by atoms with Gasteiger partial charge in [0, 0.05) is 11.4 Å². The monoisotopic (exact) mass is 409 g/mol. The molecular formula is C18H17Cl2N3O2S. The number of anilines is 1. The van der Waals surface area contributed by atoms with Crippen molar-refractivity contribution >= 4 is 57.6 Å². The molecular weight excluding hydrogens is 393 g/mol. The normalized spacial score (nSPS) is 30.8. The van der Waals surface area contributed by atoms with Crippen LogP contribution in [0.5, 0.6) is 0 Å². The lowest BCUT2D eigenvalue weighted by Gasteiger charge is -2.13. The molecule has 0 radical (unpaired) electrons. The molecule has 2 N–H and O–H groups in total. The Morgan fingerprint density at radius 3 is 2.88 bits per heavy atom. The highest BCUT2D eigenvalue weighted by Crippen LogP contribution is 2.41. The van der Waals surface area contributed by atoms with Crippen LogP contribution < -0.4 is 10.6 Å². The van der Waals surface area contributed by atoms with Crippen LogP contribution in [-0.2, 0) is 9.59 Å². The predicted molar refractivity (Wildman–Crippen MR) is 106 cm³/mol. The fourth-order valence-electron chi connectivity index (χ4n) is 3.61. The highest BCUT2D eigenvalue weighted by atomic mass is 35.5. The van der Waals surface area contributed by atoms with Crippen molar-refractivity contribution in [1.29, 1.82) is 0 Å². The molecule has 0 unspecified atom stereocenters. The number of amidine groups is 1. The van der Waals surface area contributed by atoms with Crippen molar-refractivity contribution in [3.63, 3.8) is 0 Å². The van der Waals surface area contributed by atoms with Crippen molar-refractivity contribution in [2.45, 2.75) is 30.6 Å². The van der Waals surface area contributed by atoms with Gasteiger partial charge in [-0.05, 0) is 42.9 Å². The first-order chi connectivity index (χ1) is 12.5. The van der Waals surface area contributed by atoms with Crippen molar-refractivity contribution in [3.05, 3.63) is 40.4 Å². The summed E-state index contributed by atoms with van der Waals surface area (Å²) in [6, 6.07) is 5.09. The molecule has 2 fully saturated rings. The van der Waals surface area contributed by atoms with Gasteiger partial charge in [0.05, 0.1) is 16.8 Å².